The third kappa shape index (κ3) is 4.25. The number of ether oxygens (including phenoxy) is 1. The van der Waals surface area contributed by atoms with Crippen LogP contribution in [0.5, 0.6) is 0 Å². The predicted molar refractivity (Wildman–Crippen MR) is 115 cm³/mol. The van der Waals surface area contributed by atoms with Gasteiger partial charge in [-0.1, -0.05) is 12.2 Å². The molecular formula is C22H35N5O3. The van der Waals surface area contributed by atoms with Gasteiger partial charge in [-0.05, 0) is 50.1 Å². The largest absolute Gasteiger partial charge is 0.383 e. The summed E-state index contributed by atoms with van der Waals surface area (Å²) in [7, 11) is 3.50. The Hall–Kier alpha value is -1.93. The van der Waals surface area contributed by atoms with Gasteiger partial charge >= 0.3 is 0 Å². The van der Waals surface area contributed by atoms with Gasteiger partial charge in [0.15, 0.2) is 5.96 Å². The second kappa shape index (κ2) is 9.47. The lowest BCUT2D eigenvalue weighted by Crippen LogP contribution is -2.46. The van der Waals surface area contributed by atoms with Crippen LogP contribution in [-0.2, 0) is 14.3 Å². The molecular weight excluding hydrogens is 382 g/mol. The van der Waals surface area contributed by atoms with Gasteiger partial charge in [0.05, 0.1) is 18.4 Å². The number of hydrogen-bond acceptors (Lipinski definition) is 5. The molecule has 4 unspecified atom stereocenters. The van der Waals surface area contributed by atoms with E-state index in [1.807, 2.05) is 0 Å². The second-order valence-electron chi connectivity index (χ2n) is 8.99. The van der Waals surface area contributed by atoms with Gasteiger partial charge in [0.25, 0.3) is 0 Å². The molecule has 2 saturated heterocycles. The third-order valence-corrected chi connectivity index (χ3v) is 7.29. The molecule has 0 spiro atoms. The summed E-state index contributed by atoms with van der Waals surface area (Å²) in [4.78, 5) is 33.7. The standard InChI is InChI=1S/C22H35N5O3/c1-23-22(25-14-15-5-8-26(9-6-15)11-12-30-2)24-7-10-27-20(28)18-16-3-4-17(13-16)19(18)21(27)29/h3-4,15-19H,5-14H2,1-2H3,(H2,23,24,25). The number of hydrogen-bond donors (Lipinski definition) is 2. The SMILES string of the molecule is CN=C(NCCN1C(=O)C2C3C=CC(C3)C2C1=O)NCC1CCN(CCOC)CC1. The number of imide groups is 1. The number of amides is 2. The van der Waals surface area contributed by atoms with Crippen molar-refractivity contribution in [3.8, 4) is 0 Å². The summed E-state index contributed by atoms with van der Waals surface area (Å²) in [5.41, 5.74) is 0. The zero-order valence-corrected chi connectivity index (χ0v) is 18.2. The van der Waals surface area contributed by atoms with Crippen LogP contribution in [-0.4, -0.2) is 87.6 Å². The van der Waals surface area contributed by atoms with E-state index in [-0.39, 0.29) is 35.5 Å². The van der Waals surface area contributed by atoms with Crippen LogP contribution < -0.4 is 10.6 Å². The van der Waals surface area contributed by atoms with Gasteiger partial charge in [-0.2, -0.15) is 0 Å². The Morgan fingerprint density at radius 2 is 1.77 bits per heavy atom. The van der Waals surface area contributed by atoms with E-state index in [4.69, 9.17) is 4.74 Å². The van der Waals surface area contributed by atoms with Gasteiger partial charge in [0, 0.05) is 40.3 Å². The second-order valence-corrected chi connectivity index (χ2v) is 8.99. The third-order valence-electron chi connectivity index (χ3n) is 7.29. The maximum atomic E-state index is 12.7. The number of piperidine rings is 1. The van der Waals surface area contributed by atoms with Crippen molar-refractivity contribution in [2.45, 2.75) is 19.3 Å². The van der Waals surface area contributed by atoms with E-state index in [0.717, 1.165) is 45.2 Å². The fourth-order valence-electron chi connectivity index (χ4n) is 5.57. The molecule has 0 aromatic heterocycles. The normalized spacial score (nSPS) is 31.7. The lowest BCUT2D eigenvalue weighted by Gasteiger charge is -2.32. The molecule has 4 rings (SSSR count). The summed E-state index contributed by atoms with van der Waals surface area (Å²) in [6.07, 6.45) is 7.58. The van der Waals surface area contributed by atoms with Crippen molar-refractivity contribution < 1.29 is 14.3 Å². The first kappa shape index (κ1) is 21.3. The van der Waals surface area contributed by atoms with Crippen molar-refractivity contribution in [3.63, 3.8) is 0 Å². The topological polar surface area (TPSA) is 86.3 Å². The van der Waals surface area contributed by atoms with Gasteiger partial charge in [-0.25, -0.2) is 0 Å². The summed E-state index contributed by atoms with van der Waals surface area (Å²) in [5, 5.41) is 6.67. The van der Waals surface area contributed by atoms with Crippen molar-refractivity contribution >= 4 is 17.8 Å². The number of likely N-dealkylation sites (tertiary alicyclic amines) is 2. The molecule has 2 N–H and O–H groups in total. The molecule has 2 heterocycles. The van der Waals surface area contributed by atoms with Crippen LogP contribution in [0.4, 0.5) is 0 Å². The smallest absolute Gasteiger partial charge is 0.233 e. The summed E-state index contributed by atoms with van der Waals surface area (Å²) in [5.74, 6) is 1.72. The van der Waals surface area contributed by atoms with Crippen molar-refractivity contribution in [2.24, 2.45) is 34.6 Å². The van der Waals surface area contributed by atoms with Crippen molar-refractivity contribution in [1.82, 2.24) is 20.4 Å². The molecule has 2 amide bonds. The monoisotopic (exact) mass is 417 g/mol. The molecule has 4 atom stereocenters. The first-order valence-corrected chi connectivity index (χ1v) is 11.3. The zero-order valence-electron chi connectivity index (χ0n) is 18.2. The Morgan fingerprint density at radius 3 is 2.37 bits per heavy atom. The van der Waals surface area contributed by atoms with Crippen molar-refractivity contribution in [3.05, 3.63) is 12.2 Å². The maximum Gasteiger partial charge on any atom is 0.233 e. The van der Waals surface area contributed by atoms with Gasteiger partial charge in [0.2, 0.25) is 11.8 Å². The minimum absolute atomic E-state index is 0.0202. The molecule has 30 heavy (non-hydrogen) atoms. The maximum absolute atomic E-state index is 12.7. The first-order chi connectivity index (χ1) is 14.6. The minimum Gasteiger partial charge on any atom is -0.383 e. The Kier molecular flexibility index (Phi) is 6.73. The predicted octanol–water partition coefficient (Wildman–Crippen LogP) is 0.317. The summed E-state index contributed by atoms with van der Waals surface area (Å²) < 4.78 is 5.16. The zero-order chi connectivity index (χ0) is 21.1. The minimum atomic E-state index is -0.111. The van der Waals surface area contributed by atoms with E-state index >= 15 is 0 Å². The van der Waals surface area contributed by atoms with Crippen LogP contribution in [0.1, 0.15) is 19.3 Å². The van der Waals surface area contributed by atoms with E-state index in [1.165, 1.54) is 17.7 Å². The number of allylic oxidation sites excluding steroid dienone is 2. The van der Waals surface area contributed by atoms with Gasteiger partial charge in [0.1, 0.15) is 0 Å². The van der Waals surface area contributed by atoms with Crippen LogP contribution in [0.2, 0.25) is 0 Å². The molecule has 166 valence electrons. The average Bonchev–Trinajstić information content (AvgIpc) is 3.45. The molecule has 2 bridgehead atoms. The molecule has 2 aliphatic heterocycles. The van der Waals surface area contributed by atoms with Gasteiger partial charge in [-0.15, -0.1) is 0 Å². The van der Waals surface area contributed by atoms with E-state index in [0.29, 0.717) is 19.0 Å². The molecule has 4 aliphatic rings. The highest BCUT2D eigenvalue weighted by molar-refractivity contribution is 6.06. The van der Waals surface area contributed by atoms with Crippen LogP contribution in [0, 0.1) is 29.6 Å². The molecule has 8 nitrogen and oxygen atoms in total. The first-order valence-electron chi connectivity index (χ1n) is 11.3. The van der Waals surface area contributed by atoms with Crippen LogP contribution >= 0.6 is 0 Å². The molecule has 2 aliphatic carbocycles. The van der Waals surface area contributed by atoms with E-state index < -0.39 is 0 Å². The Balaban J connectivity index is 1.16. The Labute approximate surface area is 179 Å². The number of fused-ring (bicyclic) bond motifs is 5. The number of carbonyl (C=O) groups is 2. The van der Waals surface area contributed by atoms with E-state index in [1.54, 1.807) is 14.2 Å². The molecule has 0 aromatic carbocycles. The lowest BCUT2D eigenvalue weighted by molar-refractivity contribution is -0.140. The Bertz CT molecular complexity index is 671. The molecule has 0 radical (unpaired) electrons. The number of carbonyl (C=O) groups excluding carboxylic acids is 2. The quantitative estimate of drug-likeness (QED) is 0.256. The molecule has 1 saturated carbocycles. The summed E-state index contributed by atoms with van der Waals surface area (Å²) in [6.45, 7) is 5.84. The van der Waals surface area contributed by atoms with Crippen LogP contribution in [0.3, 0.4) is 0 Å². The molecule has 0 aromatic rings. The molecule has 8 heteroatoms. The average molecular weight is 418 g/mol. The fourth-order valence-corrected chi connectivity index (χ4v) is 5.57. The Morgan fingerprint density at radius 1 is 1.10 bits per heavy atom. The number of nitrogens with zero attached hydrogens (tertiary/aromatic N) is 3. The number of nitrogens with one attached hydrogen (secondary N) is 2. The highest BCUT2D eigenvalue weighted by atomic mass is 16.5. The lowest BCUT2D eigenvalue weighted by atomic mass is 9.85. The highest BCUT2D eigenvalue weighted by Crippen LogP contribution is 2.52. The highest BCUT2D eigenvalue weighted by Gasteiger charge is 2.58. The van der Waals surface area contributed by atoms with E-state index in [2.05, 4.69) is 32.7 Å². The number of aliphatic imine (C=N–C) groups is 1. The number of methoxy groups -OCH3 is 1. The van der Waals surface area contributed by atoms with Crippen molar-refractivity contribution in [2.75, 3.05) is 60.0 Å². The van der Waals surface area contributed by atoms with Gasteiger partial charge < -0.3 is 20.3 Å². The summed E-state index contributed by atoms with van der Waals surface area (Å²) >= 11 is 0. The van der Waals surface area contributed by atoms with E-state index in [9.17, 15) is 9.59 Å². The number of guanidine groups is 1. The van der Waals surface area contributed by atoms with Crippen molar-refractivity contribution in [1.29, 1.82) is 0 Å². The fraction of sp³-hybridized carbons (Fsp3) is 0.773. The van der Waals surface area contributed by atoms with Crippen LogP contribution in [0.25, 0.3) is 0 Å². The van der Waals surface area contributed by atoms with Crippen LogP contribution in [0.15, 0.2) is 17.1 Å². The molecule has 3 fully saturated rings. The van der Waals surface area contributed by atoms with Gasteiger partial charge in [-0.3, -0.25) is 19.5 Å². The number of rotatable bonds is 8. The summed E-state index contributed by atoms with van der Waals surface area (Å²) in [6, 6.07) is 0.